The number of anilines is 1. The van der Waals surface area contributed by atoms with E-state index in [9.17, 15) is 0 Å². The van der Waals surface area contributed by atoms with Gasteiger partial charge in [0.05, 0.1) is 5.69 Å². The summed E-state index contributed by atoms with van der Waals surface area (Å²) in [6.07, 6.45) is 2.44. The van der Waals surface area contributed by atoms with E-state index in [1.807, 2.05) is 18.2 Å². The normalized spacial score (nSPS) is 18.8. The number of hydrogen-bond acceptors (Lipinski definition) is 4. The van der Waals surface area contributed by atoms with Crippen molar-refractivity contribution in [2.75, 3.05) is 25.9 Å². The third-order valence-corrected chi connectivity index (χ3v) is 3.12. The van der Waals surface area contributed by atoms with Crippen LogP contribution in [0.2, 0.25) is 0 Å². The Balaban J connectivity index is 1.79. The van der Waals surface area contributed by atoms with Gasteiger partial charge in [-0.25, -0.2) is 4.98 Å². The molecule has 2 heterocycles. The van der Waals surface area contributed by atoms with Crippen LogP contribution in [0.15, 0.2) is 18.2 Å². The van der Waals surface area contributed by atoms with Gasteiger partial charge in [0.2, 0.25) is 0 Å². The van der Waals surface area contributed by atoms with Gasteiger partial charge in [0.15, 0.2) is 0 Å². The van der Waals surface area contributed by atoms with Gasteiger partial charge in [0, 0.05) is 12.6 Å². The third kappa shape index (κ3) is 3.18. The lowest BCUT2D eigenvalue weighted by atomic mass is 10.1. The number of nitrogens with two attached hydrogens (primary N) is 1. The average molecular weight is 220 g/mol. The molecular formula is C12H20N4. The average Bonchev–Trinajstić information content (AvgIpc) is 2.28. The van der Waals surface area contributed by atoms with Gasteiger partial charge in [-0.15, -0.1) is 0 Å². The van der Waals surface area contributed by atoms with E-state index in [1.165, 1.54) is 25.9 Å². The highest BCUT2D eigenvalue weighted by molar-refractivity contribution is 5.28. The second-order valence-corrected chi connectivity index (χ2v) is 4.51. The van der Waals surface area contributed by atoms with Gasteiger partial charge in [0.25, 0.3) is 0 Å². The lowest BCUT2D eigenvalue weighted by Crippen LogP contribution is -2.40. The second-order valence-electron chi connectivity index (χ2n) is 4.51. The van der Waals surface area contributed by atoms with Crippen LogP contribution < -0.4 is 11.1 Å². The summed E-state index contributed by atoms with van der Waals surface area (Å²) >= 11 is 0. The maximum atomic E-state index is 5.64. The van der Waals surface area contributed by atoms with Crippen LogP contribution in [-0.4, -0.2) is 36.1 Å². The Hall–Kier alpha value is -1.13. The Morgan fingerprint density at radius 2 is 2.19 bits per heavy atom. The Bertz CT molecular complexity index is 332. The van der Waals surface area contributed by atoms with E-state index in [2.05, 4.69) is 22.2 Å². The summed E-state index contributed by atoms with van der Waals surface area (Å²) in [6.45, 7) is 3.18. The van der Waals surface area contributed by atoms with Crippen LogP contribution >= 0.6 is 0 Å². The number of nitrogen functional groups attached to an aromatic ring is 1. The largest absolute Gasteiger partial charge is 0.384 e. The summed E-state index contributed by atoms with van der Waals surface area (Å²) in [7, 11) is 2.18. The van der Waals surface area contributed by atoms with Gasteiger partial charge < -0.3 is 16.0 Å². The fraction of sp³-hybridized carbons (Fsp3) is 0.583. The second kappa shape index (κ2) is 5.27. The summed E-state index contributed by atoms with van der Waals surface area (Å²) in [5.41, 5.74) is 6.67. The number of pyridine rings is 1. The van der Waals surface area contributed by atoms with Gasteiger partial charge in [0.1, 0.15) is 5.82 Å². The van der Waals surface area contributed by atoms with Gasteiger partial charge in [-0.2, -0.15) is 0 Å². The Kier molecular flexibility index (Phi) is 3.74. The summed E-state index contributed by atoms with van der Waals surface area (Å²) in [5, 5.41) is 3.54. The molecule has 16 heavy (non-hydrogen) atoms. The molecule has 0 saturated carbocycles. The van der Waals surface area contributed by atoms with Crippen LogP contribution in [0.5, 0.6) is 0 Å². The molecule has 88 valence electrons. The topological polar surface area (TPSA) is 54.2 Å². The Labute approximate surface area is 96.8 Å². The molecule has 4 nitrogen and oxygen atoms in total. The molecule has 2 rings (SSSR count). The minimum atomic E-state index is 0.600. The van der Waals surface area contributed by atoms with Crippen molar-refractivity contribution in [1.29, 1.82) is 0 Å². The summed E-state index contributed by atoms with van der Waals surface area (Å²) < 4.78 is 0. The van der Waals surface area contributed by atoms with E-state index in [0.29, 0.717) is 11.9 Å². The predicted molar refractivity (Wildman–Crippen MR) is 66.0 cm³/mol. The monoisotopic (exact) mass is 220 g/mol. The predicted octanol–water partition coefficient (Wildman–Crippen LogP) is 0.848. The molecule has 3 N–H and O–H groups in total. The molecule has 0 amide bonds. The quantitative estimate of drug-likeness (QED) is 0.793. The van der Waals surface area contributed by atoms with Gasteiger partial charge in [-0.05, 0) is 45.1 Å². The van der Waals surface area contributed by atoms with Crippen molar-refractivity contribution in [2.24, 2.45) is 0 Å². The number of rotatable bonds is 3. The number of likely N-dealkylation sites (tertiary alicyclic amines) is 1. The van der Waals surface area contributed by atoms with E-state index in [1.54, 1.807) is 0 Å². The zero-order chi connectivity index (χ0) is 11.4. The molecule has 0 aromatic carbocycles. The number of hydrogen-bond donors (Lipinski definition) is 2. The molecule has 1 fully saturated rings. The van der Waals surface area contributed by atoms with E-state index >= 15 is 0 Å². The first-order chi connectivity index (χ1) is 7.74. The molecule has 1 aliphatic rings. The zero-order valence-corrected chi connectivity index (χ0v) is 9.82. The van der Waals surface area contributed by atoms with Crippen molar-refractivity contribution in [2.45, 2.75) is 25.4 Å². The standard InChI is InChI=1S/C12H20N4/c1-16-7-5-10(6-8-16)14-9-11-3-2-4-12(13)15-11/h2-4,10,14H,5-9H2,1H3,(H2,13,15). The van der Waals surface area contributed by atoms with Crippen molar-refractivity contribution >= 4 is 5.82 Å². The van der Waals surface area contributed by atoms with E-state index in [-0.39, 0.29) is 0 Å². The molecule has 0 spiro atoms. The number of aromatic nitrogens is 1. The lowest BCUT2D eigenvalue weighted by Gasteiger charge is -2.29. The van der Waals surface area contributed by atoms with Gasteiger partial charge in [-0.1, -0.05) is 6.07 Å². The maximum Gasteiger partial charge on any atom is 0.123 e. The van der Waals surface area contributed by atoms with Crippen LogP contribution in [0.1, 0.15) is 18.5 Å². The van der Waals surface area contributed by atoms with Crippen molar-refractivity contribution in [3.8, 4) is 0 Å². The molecule has 4 heteroatoms. The van der Waals surface area contributed by atoms with Crippen LogP contribution in [0.4, 0.5) is 5.82 Å². The fourth-order valence-electron chi connectivity index (χ4n) is 2.06. The Morgan fingerprint density at radius 1 is 1.44 bits per heavy atom. The van der Waals surface area contributed by atoms with Crippen molar-refractivity contribution in [1.82, 2.24) is 15.2 Å². The SMILES string of the molecule is CN1CCC(NCc2cccc(N)n2)CC1. The molecule has 1 aliphatic heterocycles. The van der Waals surface area contributed by atoms with Gasteiger partial charge in [-0.3, -0.25) is 0 Å². The lowest BCUT2D eigenvalue weighted by molar-refractivity contribution is 0.233. The fourth-order valence-corrected chi connectivity index (χ4v) is 2.06. The summed E-state index contributed by atoms with van der Waals surface area (Å²) in [5.74, 6) is 0.600. The van der Waals surface area contributed by atoms with E-state index < -0.39 is 0 Å². The summed E-state index contributed by atoms with van der Waals surface area (Å²) in [4.78, 5) is 6.65. The summed E-state index contributed by atoms with van der Waals surface area (Å²) in [6, 6.07) is 6.41. The van der Waals surface area contributed by atoms with Gasteiger partial charge >= 0.3 is 0 Å². The van der Waals surface area contributed by atoms with E-state index in [0.717, 1.165) is 12.2 Å². The molecule has 0 radical (unpaired) electrons. The molecule has 0 aliphatic carbocycles. The smallest absolute Gasteiger partial charge is 0.123 e. The van der Waals surface area contributed by atoms with Crippen LogP contribution in [0, 0.1) is 0 Å². The first kappa shape index (κ1) is 11.4. The molecular weight excluding hydrogens is 200 g/mol. The molecule has 1 saturated heterocycles. The van der Waals surface area contributed by atoms with E-state index in [4.69, 9.17) is 5.73 Å². The molecule has 0 unspecified atom stereocenters. The minimum absolute atomic E-state index is 0.600. The maximum absolute atomic E-state index is 5.64. The molecule has 1 aromatic rings. The molecule has 0 atom stereocenters. The first-order valence-corrected chi connectivity index (χ1v) is 5.87. The van der Waals surface area contributed by atoms with Crippen molar-refractivity contribution in [3.63, 3.8) is 0 Å². The minimum Gasteiger partial charge on any atom is -0.384 e. The highest BCUT2D eigenvalue weighted by Crippen LogP contribution is 2.09. The Morgan fingerprint density at radius 3 is 2.88 bits per heavy atom. The third-order valence-electron chi connectivity index (χ3n) is 3.12. The highest BCUT2D eigenvalue weighted by Gasteiger charge is 2.15. The number of piperidine rings is 1. The van der Waals surface area contributed by atoms with Crippen LogP contribution in [-0.2, 0) is 6.54 Å². The number of nitrogens with one attached hydrogen (secondary N) is 1. The number of nitrogens with zero attached hydrogens (tertiary/aromatic N) is 2. The molecule has 1 aromatic heterocycles. The zero-order valence-electron chi connectivity index (χ0n) is 9.82. The first-order valence-electron chi connectivity index (χ1n) is 5.87. The molecule has 0 bridgehead atoms. The van der Waals surface area contributed by atoms with Crippen molar-refractivity contribution in [3.05, 3.63) is 23.9 Å². The van der Waals surface area contributed by atoms with Crippen LogP contribution in [0.3, 0.4) is 0 Å². The highest BCUT2D eigenvalue weighted by atomic mass is 15.1. The van der Waals surface area contributed by atoms with Crippen LogP contribution in [0.25, 0.3) is 0 Å². The van der Waals surface area contributed by atoms with Crippen molar-refractivity contribution < 1.29 is 0 Å².